The van der Waals surface area contributed by atoms with Crippen LogP contribution in [0.1, 0.15) is 10.4 Å². The Morgan fingerprint density at radius 3 is 2.82 bits per heavy atom. The maximum absolute atomic E-state index is 10.8. The fraction of sp³-hybridized carbons (Fsp3) is 0. The number of carbonyl (C=O) groups is 1. The van der Waals surface area contributed by atoms with Gasteiger partial charge in [0.2, 0.25) is 0 Å². The van der Waals surface area contributed by atoms with Crippen molar-refractivity contribution in [1.82, 2.24) is 4.98 Å². The van der Waals surface area contributed by atoms with Crippen LogP contribution in [0.3, 0.4) is 0 Å². The smallest absolute Gasteiger partial charge is 0.337 e. The molecule has 0 fully saturated rings. The second-order valence-corrected chi connectivity index (χ2v) is 5.18. The van der Waals surface area contributed by atoms with Crippen molar-refractivity contribution in [3.8, 4) is 0 Å². The molecule has 0 radical (unpaired) electrons. The van der Waals surface area contributed by atoms with Gasteiger partial charge in [0.1, 0.15) is 4.60 Å². The first-order chi connectivity index (χ1) is 8.06. The molecule has 0 spiro atoms. The van der Waals surface area contributed by atoms with Crippen molar-refractivity contribution in [3.63, 3.8) is 0 Å². The first kappa shape index (κ1) is 12.3. The lowest BCUT2D eigenvalue weighted by atomic mass is 10.2. The Morgan fingerprint density at radius 1 is 1.53 bits per heavy atom. The van der Waals surface area contributed by atoms with Gasteiger partial charge in [0.25, 0.3) is 0 Å². The van der Waals surface area contributed by atoms with Crippen LogP contribution in [0, 0.1) is 0 Å². The number of benzene rings is 1. The summed E-state index contributed by atoms with van der Waals surface area (Å²) in [5, 5.41) is 14.6. The Kier molecular flexibility index (Phi) is 3.66. The SMILES string of the molecule is O=C(O)c1ccc(Nc2nc(Br)cs2)cc1Cl. The van der Waals surface area contributed by atoms with Crippen molar-refractivity contribution in [2.45, 2.75) is 0 Å². The summed E-state index contributed by atoms with van der Waals surface area (Å²) in [6, 6.07) is 4.65. The van der Waals surface area contributed by atoms with E-state index in [0.29, 0.717) is 10.8 Å². The van der Waals surface area contributed by atoms with Gasteiger partial charge in [-0.25, -0.2) is 9.78 Å². The van der Waals surface area contributed by atoms with Gasteiger partial charge in [0, 0.05) is 11.1 Å². The Balaban J connectivity index is 2.23. The molecule has 0 aliphatic rings. The second-order valence-electron chi connectivity index (χ2n) is 3.10. The number of carboxylic acid groups (broad SMARTS) is 1. The van der Waals surface area contributed by atoms with Gasteiger partial charge in [-0.05, 0) is 34.1 Å². The minimum absolute atomic E-state index is 0.0811. The Labute approximate surface area is 114 Å². The number of rotatable bonds is 3. The van der Waals surface area contributed by atoms with Gasteiger partial charge in [-0.15, -0.1) is 11.3 Å². The largest absolute Gasteiger partial charge is 0.478 e. The summed E-state index contributed by atoms with van der Waals surface area (Å²) in [6.07, 6.45) is 0. The van der Waals surface area contributed by atoms with E-state index in [0.717, 1.165) is 4.60 Å². The van der Waals surface area contributed by atoms with Crippen LogP contribution in [-0.2, 0) is 0 Å². The molecule has 7 heteroatoms. The maximum atomic E-state index is 10.8. The summed E-state index contributed by atoms with van der Waals surface area (Å²) < 4.78 is 0.748. The van der Waals surface area contributed by atoms with Crippen molar-refractivity contribution in [1.29, 1.82) is 0 Å². The lowest BCUT2D eigenvalue weighted by molar-refractivity contribution is 0.0697. The number of nitrogens with one attached hydrogen (secondary N) is 1. The summed E-state index contributed by atoms with van der Waals surface area (Å²) in [5.41, 5.74) is 0.777. The molecule has 2 rings (SSSR count). The molecule has 0 saturated carbocycles. The molecular formula is C10H6BrClN2O2S. The molecule has 88 valence electrons. The lowest BCUT2D eigenvalue weighted by Gasteiger charge is -2.04. The highest BCUT2D eigenvalue weighted by Gasteiger charge is 2.09. The average Bonchev–Trinajstić information content (AvgIpc) is 2.63. The van der Waals surface area contributed by atoms with E-state index in [2.05, 4.69) is 26.2 Å². The molecule has 0 amide bonds. The topological polar surface area (TPSA) is 62.2 Å². The third-order valence-electron chi connectivity index (χ3n) is 1.93. The normalized spacial score (nSPS) is 10.2. The molecule has 2 N–H and O–H groups in total. The number of hydrogen-bond acceptors (Lipinski definition) is 4. The third kappa shape index (κ3) is 2.96. The van der Waals surface area contributed by atoms with Crippen LogP contribution in [-0.4, -0.2) is 16.1 Å². The zero-order chi connectivity index (χ0) is 12.4. The molecule has 2 aromatic rings. The van der Waals surface area contributed by atoms with Gasteiger partial charge < -0.3 is 10.4 Å². The molecule has 1 heterocycles. The monoisotopic (exact) mass is 332 g/mol. The van der Waals surface area contributed by atoms with E-state index in [-0.39, 0.29) is 10.6 Å². The molecule has 0 saturated heterocycles. The minimum atomic E-state index is -1.04. The Bertz CT molecular complexity index is 573. The number of aromatic carboxylic acids is 1. The molecule has 0 aliphatic carbocycles. The van der Waals surface area contributed by atoms with Crippen LogP contribution in [0.2, 0.25) is 5.02 Å². The summed E-state index contributed by atoms with van der Waals surface area (Å²) >= 11 is 10.5. The highest BCUT2D eigenvalue weighted by Crippen LogP contribution is 2.26. The first-order valence-corrected chi connectivity index (χ1v) is 6.52. The number of thiazole rings is 1. The van der Waals surface area contributed by atoms with E-state index < -0.39 is 5.97 Å². The molecule has 1 aromatic heterocycles. The average molecular weight is 334 g/mol. The number of anilines is 2. The summed E-state index contributed by atoms with van der Waals surface area (Å²) in [7, 11) is 0. The standard InChI is InChI=1S/C10H6BrClN2O2S/c11-8-4-17-10(14-8)13-5-1-2-6(9(15)16)7(12)3-5/h1-4H,(H,13,14)(H,15,16). The van der Waals surface area contributed by atoms with Crippen molar-refractivity contribution >= 4 is 55.7 Å². The fourth-order valence-corrected chi connectivity index (χ4v) is 2.63. The third-order valence-corrected chi connectivity index (χ3v) is 3.71. The molecule has 17 heavy (non-hydrogen) atoms. The summed E-state index contributed by atoms with van der Waals surface area (Å²) in [6.45, 7) is 0. The quantitative estimate of drug-likeness (QED) is 0.891. The van der Waals surface area contributed by atoms with Crippen LogP contribution < -0.4 is 5.32 Å². The van der Waals surface area contributed by atoms with E-state index in [9.17, 15) is 4.79 Å². The van der Waals surface area contributed by atoms with E-state index in [1.54, 1.807) is 12.1 Å². The van der Waals surface area contributed by atoms with E-state index in [4.69, 9.17) is 16.7 Å². The summed E-state index contributed by atoms with van der Waals surface area (Å²) in [4.78, 5) is 14.9. The van der Waals surface area contributed by atoms with Gasteiger partial charge in [0.05, 0.1) is 10.6 Å². The molecule has 0 atom stereocenters. The number of hydrogen-bond donors (Lipinski definition) is 2. The van der Waals surface area contributed by atoms with Gasteiger partial charge in [-0.1, -0.05) is 11.6 Å². The summed E-state index contributed by atoms with van der Waals surface area (Å²) in [5.74, 6) is -1.04. The first-order valence-electron chi connectivity index (χ1n) is 4.47. The van der Waals surface area contributed by atoms with E-state index >= 15 is 0 Å². The molecular weight excluding hydrogens is 328 g/mol. The zero-order valence-electron chi connectivity index (χ0n) is 8.28. The van der Waals surface area contributed by atoms with E-state index in [1.165, 1.54) is 17.4 Å². The van der Waals surface area contributed by atoms with Crippen molar-refractivity contribution in [3.05, 3.63) is 38.8 Å². The fourth-order valence-electron chi connectivity index (χ4n) is 1.20. The van der Waals surface area contributed by atoms with Crippen LogP contribution >= 0.6 is 38.9 Å². The van der Waals surface area contributed by atoms with Crippen LogP contribution in [0.4, 0.5) is 10.8 Å². The predicted octanol–water partition coefficient (Wildman–Crippen LogP) is 4.00. The second kappa shape index (κ2) is 5.03. The molecule has 0 bridgehead atoms. The van der Waals surface area contributed by atoms with Crippen molar-refractivity contribution in [2.75, 3.05) is 5.32 Å². The predicted molar refractivity (Wildman–Crippen MR) is 71.5 cm³/mol. The Hall–Kier alpha value is -1.11. The molecule has 1 aromatic carbocycles. The van der Waals surface area contributed by atoms with Crippen LogP contribution in [0.15, 0.2) is 28.2 Å². The van der Waals surface area contributed by atoms with Gasteiger partial charge >= 0.3 is 5.97 Å². The molecule has 0 aliphatic heterocycles. The number of aromatic nitrogens is 1. The van der Waals surface area contributed by atoms with Crippen molar-refractivity contribution < 1.29 is 9.90 Å². The Morgan fingerprint density at radius 2 is 2.29 bits per heavy atom. The van der Waals surface area contributed by atoms with E-state index in [1.807, 2.05) is 5.38 Å². The highest BCUT2D eigenvalue weighted by molar-refractivity contribution is 9.10. The molecule has 0 unspecified atom stereocenters. The minimum Gasteiger partial charge on any atom is -0.478 e. The number of carboxylic acids is 1. The van der Waals surface area contributed by atoms with Crippen LogP contribution in [0.5, 0.6) is 0 Å². The molecule has 4 nitrogen and oxygen atoms in total. The van der Waals surface area contributed by atoms with Gasteiger partial charge in [0.15, 0.2) is 5.13 Å². The van der Waals surface area contributed by atoms with Crippen molar-refractivity contribution in [2.24, 2.45) is 0 Å². The number of halogens is 2. The number of nitrogens with zero attached hydrogens (tertiary/aromatic N) is 1. The van der Waals surface area contributed by atoms with Gasteiger partial charge in [-0.2, -0.15) is 0 Å². The lowest BCUT2D eigenvalue weighted by Crippen LogP contribution is -1.98. The van der Waals surface area contributed by atoms with Crippen LogP contribution in [0.25, 0.3) is 0 Å². The van der Waals surface area contributed by atoms with Gasteiger partial charge in [-0.3, -0.25) is 0 Å². The highest BCUT2D eigenvalue weighted by atomic mass is 79.9. The zero-order valence-corrected chi connectivity index (χ0v) is 11.4. The maximum Gasteiger partial charge on any atom is 0.337 e.